The fourth-order valence-corrected chi connectivity index (χ4v) is 6.71. The fourth-order valence-electron chi connectivity index (χ4n) is 6.71. The Morgan fingerprint density at radius 1 is 0.788 bits per heavy atom. The van der Waals surface area contributed by atoms with Crippen LogP contribution >= 0.6 is 0 Å². The van der Waals surface area contributed by atoms with Crippen molar-refractivity contribution in [1.29, 1.82) is 0 Å². The highest BCUT2D eigenvalue weighted by Crippen LogP contribution is 2.36. The molecule has 0 aromatic heterocycles. The average molecular weight is 705 g/mol. The average Bonchev–Trinajstić information content (AvgIpc) is 3.11. The fraction of sp³-hybridized carbons (Fsp3) is 0.413. The molecular formula is C46H60N2O4. The standard InChI is InChI=1S/C46H60N2O4/c1-35(2)47(36(3)4)30-29-42(40-20-14-9-15-21-40)43-33-38(24-27-44(43)52-34-39-18-11-8-12-19-39)17-13-10-16-32-51-41-25-22-37(23-26-41)28-31-48(45(49)50)46(5,6)7/h8-9,11-15,17-27,33,35-36,42H,10,16,28-32,34H2,1-7H3,(H,49,50)/b17-13+/t42-/m1/s1. The lowest BCUT2D eigenvalue weighted by Gasteiger charge is -2.33. The van der Waals surface area contributed by atoms with E-state index in [4.69, 9.17) is 9.47 Å². The molecule has 1 amide bonds. The van der Waals surface area contributed by atoms with E-state index in [1.807, 2.05) is 51.1 Å². The van der Waals surface area contributed by atoms with Gasteiger partial charge in [-0.05, 0) is 127 Å². The number of carbonyl (C=O) groups is 1. The molecule has 0 bridgehead atoms. The van der Waals surface area contributed by atoms with Crippen LogP contribution in [0.25, 0.3) is 6.08 Å². The van der Waals surface area contributed by atoms with Gasteiger partial charge in [0.05, 0.1) is 6.61 Å². The monoisotopic (exact) mass is 704 g/mol. The number of nitrogens with zero attached hydrogens (tertiary/aromatic N) is 2. The minimum Gasteiger partial charge on any atom is -0.494 e. The highest BCUT2D eigenvalue weighted by Gasteiger charge is 2.26. The topological polar surface area (TPSA) is 62.2 Å². The van der Waals surface area contributed by atoms with Crippen molar-refractivity contribution in [3.05, 3.63) is 137 Å². The van der Waals surface area contributed by atoms with Crippen molar-refractivity contribution in [3.63, 3.8) is 0 Å². The number of rotatable bonds is 19. The summed E-state index contributed by atoms with van der Waals surface area (Å²) in [5.74, 6) is 1.95. The van der Waals surface area contributed by atoms with Crippen molar-refractivity contribution in [2.75, 3.05) is 19.7 Å². The van der Waals surface area contributed by atoms with Gasteiger partial charge < -0.3 is 19.5 Å². The van der Waals surface area contributed by atoms with Crippen LogP contribution in [0.5, 0.6) is 11.5 Å². The third-order valence-electron chi connectivity index (χ3n) is 9.53. The molecule has 0 aliphatic heterocycles. The molecule has 6 heteroatoms. The van der Waals surface area contributed by atoms with E-state index in [0.29, 0.717) is 38.3 Å². The number of hydrogen-bond acceptors (Lipinski definition) is 4. The lowest BCUT2D eigenvalue weighted by atomic mass is 9.86. The number of amides is 1. The Kier molecular flexibility index (Phi) is 15.4. The number of ether oxygens (including phenoxy) is 2. The first-order valence-electron chi connectivity index (χ1n) is 18.9. The molecule has 278 valence electrons. The zero-order chi connectivity index (χ0) is 37.5. The first kappa shape index (κ1) is 40.2. The van der Waals surface area contributed by atoms with Gasteiger partial charge in [-0.25, -0.2) is 4.79 Å². The van der Waals surface area contributed by atoms with Crippen LogP contribution in [0.2, 0.25) is 0 Å². The lowest BCUT2D eigenvalue weighted by Crippen LogP contribution is -2.45. The summed E-state index contributed by atoms with van der Waals surface area (Å²) in [6, 6.07) is 36.8. The predicted octanol–water partition coefficient (Wildman–Crippen LogP) is 11.1. The summed E-state index contributed by atoms with van der Waals surface area (Å²) in [5.41, 5.74) is 5.50. The molecule has 0 fully saturated rings. The van der Waals surface area contributed by atoms with E-state index in [0.717, 1.165) is 54.0 Å². The third-order valence-corrected chi connectivity index (χ3v) is 9.53. The lowest BCUT2D eigenvalue weighted by molar-refractivity contribution is 0.101. The van der Waals surface area contributed by atoms with Crippen molar-refractivity contribution in [3.8, 4) is 11.5 Å². The van der Waals surface area contributed by atoms with Gasteiger partial charge >= 0.3 is 6.09 Å². The predicted molar refractivity (Wildman–Crippen MR) is 215 cm³/mol. The summed E-state index contributed by atoms with van der Waals surface area (Å²) >= 11 is 0. The minimum absolute atomic E-state index is 0.190. The molecule has 0 heterocycles. The Labute approximate surface area is 313 Å². The van der Waals surface area contributed by atoms with Gasteiger partial charge in [0, 0.05) is 35.6 Å². The Morgan fingerprint density at radius 3 is 2.06 bits per heavy atom. The summed E-state index contributed by atoms with van der Waals surface area (Å²) in [4.78, 5) is 15.7. The van der Waals surface area contributed by atoms with Gasteiger partial charge in [0.2, 0.25) is 0 Å². The SMILES string of the molecule is CC(C)N(CC[C@H](c1ccccc1)c1cc(/C=C/CCCOc2ccc(CCN(C(=O)O)C(C)(C)C)cc2)ccc1OCc1ccccc1)C(C)C. The van der Waals surface area contributed by atoms with Crippen LogP contribution in [0.15, 0.2) is 109 Å². The van der Waals surface area contributed by atoms with Gasteiger partial charge in [-0.3, -0.25) is 4.90 Å². The maximum absolute atomic E-state index is 11.6. The molecule has 4 aromatic rings. The molecule has 0 unspecified atom stereocenters. The van der Waals surface area contributed by atoms with Gasteiger partial charge in [0.15, 0.2) is 0 Å². The molecule has 0 radical (unpaired) electrons. The number of unbranched alkanes of at least 4 members (excludes halogenated alkanes) is 1. The number of hydrogen-bond donors (Lipinski definition) is 1. The molecule has 0 aliphatic carbocycles. The molecule has 0 spiro atoms. The Hall–Kier alpha value is -4.55. The highest BCUT2D eigenvalue weighted by atomic mass is 16.5. The van der Waals surface area contributed by atoms with E-state index >= 15 is 0 Å². The maximum atomic E-state index is 11.6. The van der Waals surface area contributed by atoms with Gasteiger partial charge in [-0.1, -0.05) is 91.0 Å². The molecule has 1 atom stereocenters. The van der Waals surface area contributed by atoms with Gasteiger partial charge in [-0.2, -0.15) is 0 Å². The molecule has 0 aliphatic rings. The van der Waals surface area contributed by atoms with Crippen LogP contribution < -0.4 is 9.47 Å². The van der Waals surface area contributed by atoms with Crippen LogP contribution in [0.3, 0.4) is 0 Å². The van der Waals surface area contributed by atoms with Crippen LogP contribution in [-0.4, -0.2) is 58.3 Å². The minimum atomic E-state index is -0.890. The number of benzene rings is 4. The normalized spacial score (nSPS) is 12.5. The van der Waals surface area contributed by atoms with Crippen LogP contribution in [0.4, 0.5) is 4.79 Å². The van der Waals surface area contributed by atoms with Crippen molar-refractivity contribution in [2.24, 2.45) is 0 Å². The van der Waals surface area contributed by atoms with Crippen LogP contribution in [0, 0.1) is 0 Å². The third kappa shape index (κ3) is 12.6. The molecule has 4 aromatic carbocycles. The highest BCUT2D eigenvalue weighted by molar-refractivity contribution is 5.66. The first-order valence-corrected chi connectivity index (χ1v) is 18.9. The Bertz CT molecular complexity index is 1650. The second-order valence-electron chi connectivity index (χ2n) is 15.1. The second-order valence-corrected chi connectivity index (χ2v) is 15.1. The van der Waals surface area contributed by atoms with E-state index in [1.54, 1.807) is 0 Å². The number of carboxylic acid groups (broad SMARTS) is 1. The van der Waals surface area contributed by atoms with Crippen molar-refractivity contribution in [2.45, 2.75) is 104 Å². The Morgan fingerprint density at radius 2 is 1.44 bits per heavy atom. The van der Waals surface area contributed by atoms with Gasteiger partial charge in [0.25, 0.3) is 0 Å². The van der Waals surface area contributed by atoms with Crippen LogP contribution in [-0.2, 0) is 13.0 Å². The first-order chi connectivity index (χ1) is 24.9. The summed E-state index contributed by atoms with van der Waals surface area (Å²) in [5, 5.41) is 9.56. The summed E-state index contributed by atoms with van der Waals surface area (Å²) in [6.07, 6.45) is 7.01. The molecule has 6 nitrogen and oxygen atoms in total. The van der Waals surface area contributed by atoms with Crippen molar-refractivity contribution >= 4 is 12.2 Å². The molecule has 52 heavy (non-hydrogen) atoms. The molecule has 0 saturated carbocycles. The van der Waals surface area contributed by atoms with Crippen molar-refractivity contribution in [1.82, 2.24) is 9.80 Å². The zero-order valence-corrected chi connectivity index (χ0v) is 32.4. The molecule has 1 N–H and O–H groups in total. The van der Waals surface area contributed by atoms with E-state index < -0.39 is 11.6 Å². The Balaban J connectivity index is 1.42. The summed E-state index contributed by atoms with van der Waals surface area (Å²) in [7, 11) is 0. The van der Waals surface area contributed by atoms with E-state index in [-0.39, 0.29) is 5.92 Å². The second kappa shape index (κ2) is 19.9. The maximum Gasteiger partial charge on any atom is 0.407 e. The summed E-state index contributed by atoms with van der Waals surface area (Å²) in [6.45, 7) is 17.5. The molecule has 0 saturated heterocycles. The van der Waals surface area contributed by atoms with E-state index in [9.17, 15) is 9.90 Å². The molecule has 4 rings (SSSR count). The van der Waals surface area contributed by atoms with Gasteiger partial charge in [0.1, 0.15) is 18.1 Å². The number of allylic oxidation sites excluding steroid dienone is 1. The summed E-state index contributed by atoms with van der Waals surface area (Å²) < 4.78 is 12.6. The smallest absolute Gasteiger partial charge is 0.407 e. The van der Waals surface area contributed by atoms with Crippen LogP contribution in [0.1, 0.15) is 101 Å². The zero-order valence-electron chi connectivity index (χ0n) is 32.4. The van der Waals surface area contributed by atoms with E-state index in [1.165, 1.54) is 16.0 Å². The van der Waals surface area contributed by atoms with Gasteiger partial charge in [-0.15, -0.1) is 0 Å². The molecular weight excluding hydrogens is 645 g/mol. The largest absolute Gasteiger partial charge is 0.494 e. The van der Waals surface area contributed by atoms with Crippen molar-refractivity contribution < 1.29 is 19.4 Å². The quantitative estimate of drug-likeness (QED) is 0.0985. The van der Waals surface area contributed by atoms with E-state index in [2.05, 4.69) is 118 Å².